The molecule has 4 aromatic rings. The average molecular weight is 620 g/mol. The van der Waals surface area contributed by atoms with Gasteiger partial charge in [0.15, 0.2) is 15.8 Å². The number of aromatic nitrogens is 2. The Morgan fingerprint density at radius 1 is 1.05 bits per heavy atom. The molecule has 0 spiro atoms. The van der Waals surface area contributed by atoms with Crippen molar-refractivity contribution in [2.24, 2.45) is 5.92 Å². The van der Waals surface area contributed by atoms with Crippen molar-refractivity contribution < 1.29 is 28.6 Å². The molecule has 8 nitrogen and oxygen atoms in total. The van der Waals surface area contributed by atoms with E-state index in [1.807, 2.05) is 30.3 Å². The summed E-state index contributed by atoms with van der Waals surface area (Å²) in [6.45, 7) is 4.70. The number of thioether (sulfide) groups is 1. The first-order valence-electron chi connectivity index (χ1n) is 13.6. The zero-order valence-electron chi connectivity index (χ0n) is 23.8. The van der Waals surface area contributed by atoms with Crippen LogP contribution in [0.2, 0.25) is 0 Å². The van der Waals surface area contributed by atoms with Gasteiger partial charge in [-0.1, -0.05) is 73.3 Å². The van der Waals surface area contributed by atoms with E-state index in [9.17, 15) is 19.1 Å². The van der Waals surface area contributed by atoms with Crippen molar-refractivity contribution >= 4 is 45.7 Å². The minimum Gasteiger partial charge on any atom is -0.507 e. The summed E-state index contributed by atoms with van der Waals surface area (Å²) >= 11 is 2.64. The Kier molecular flexibility index (Phi) is 9.42. The average Bonchev–Trinajstić information content (AvgIpc) is 3.58. The fraction of sp³-hybridized carbons (Fsp3) is 0.250. The van der Waals surface area contributed by atoms with Gasteiger partial charge in [-0.3, -0.25) is 14.5 Å². The van der Waals surface area contributed by atoms with Crippen molar-refractivity contribution in [3.63, 3.8) is 0 Å². The number of benzene rings is 3. The van der Waals surface area contributed by atoms with Crippen LogP contribution in [0.3, 0.4) is 0 Å². The summed E-state index contributed by atoms with van der Waals surface area (Å²) in [6, 6.07) is 19.0. The van der Waals surface area contributed by atoms with Crippen LogP contribution in [-0.2, 0) is 15.3 Å². The molecule has 0 radical (unpaired) electrons. The smallest absolute Gasteiger partial charge is 0.301 e. The van der Waals surface area contributed by atoms with Crippen LogP contribution in [0.25, 0.3) is 5.76 Å². The quantitative estimate of drug-likeness (QED) is 0.0628. The molecule has 1 N–H and O–H groups in total. The van der Waals surface area contributed by atoms with Gasteiger partial charge in [-0.05, 0) is 59.9 Å². The molecule has 222 valence electrons. The highest BCUT2D eigenvalue weighted by Gasteiger charge is 2.48. The number of carbonyl (C=O) groups excluding carboxylic acids is 2. The number of carbonyl (C=O) groups is 2. The summed E-state index contributed by atoms with van der Waals surface area (Å²) in [6.07, 6.45) is 0.852. The molecule has 43 heavy (non-hydrogen) atoms. The largest absolute Gasteiger partial charge is 0.507 e. The number of amides is 1. The maximum absolute atomic E-state index is 13.6. The van der Waals surface area contributed by atoms with Crippen LogP contribution in [0.15, 0.2) is 82.7 Å². The van der Waals surface area contributed by atoms with Crippen LogP contribution >= 0.6 is 23.1 Å². The molecule has 11 heteroatoms. The Balaban J connectivity index is 1.55. The van der Waals surface area contributed by atoms with Gasteiger partial charge < -0.3 is 14.6 Å². The van der Waals surface area contributed by atoms with Crippen molar-refractivity contribution in [3.05, 3.63) is 101 Å². The SMILES string of the molecule is COc1cc(C2/C(=C(/O)c3ccc(F)cc3)C(=O)C(=O)N2c2nnc(SCc3ccccc3)s2)ccc1OCCC(C)C. The highest BCUT2D eigenvalue weighted by atomic mass is 32.2. The molecule has 2 heterocycles. The number of aliphatic hydroxyl groups excluding tert-OH is 1. The van der Waals surface area contributed by atoms with Gasteiger partial charge in [0.1, 0.15) is 11.6 Å². The van der Waals surface area contributed by atoms with E-state index >= 15 is 0 Å². The molecule has 1 fully saturated rings. The first-order valence-corrected chi connectivity index (χ1v) is 15.4. The van der Waals surface area contributed by atoms with Gasteiger partial charge in [0.25, 0.3) is 5.78 Å². The lowest BCUT2D eigenvalue weighted by Crippen LogP contribution is -2.29. The minimum absolute atomic E-state index is 0.152. The Bertz CT molecular complexity index is 1640. The Morgan fingerprint density at radius 2 is 1.79 bits per heavy atom. The van der Waals surface area contributed by atoms with Crippen molar-refractivity contribution in [2.75, 3.05) is 18.6 Å². The van der Waals surface area contributed by atoms with Crippen molar-refractivity contribution in [1.82, 2.24) is 10.2 Å². The van der Waals surface area contributed by atoms with E-state index < -0.39 is 29.3 Å². The Labute approximate surface area is 257 Å². The van der Waals surface area contributed by atoms with E-state index in [1.165, 1.54) is 59.4 Å². The number of anilines is 1. The van der Waals surface area contributed by atoms with Crippen LogP contribution in [0.4, 0.5) is 9.52 Å². The Hall–Kier alpha value is -4.22. The van der Waals surface area contributed by atoms with Gasteiger partial charge in [-0.15, -0.1) is 10.2 Å². The predicted molar refractivity (Wildman–Crippen MR) is 165 cm³/mol. The lowest BCUT2D eigenvalue weighted by molar-refractivity contribution is -0.132. The zero-order chi connectivity index (χ0) is 30.5. The maximum atomic E-state index is 13.6. The van der Waals surface area contributed by atoms with Crippen molar-refractivity contribution in [1.29, 1.82) is 0 Å². The molecule has 1 aliphatic rings. The molecule has 1 atom stereocenters. The number of methoxy groups -OCH3 is 1. The fourth-order valence-electron chi connectivity index (χ4n) is 4.56. The number of aliphatic hydroxyl groups is 1. The molecule has 0 aliphatic carbocycles. The van der Waals surface area contributed by atoms with Crippen LogP contribution in [0.5, 0.6) is 11.5 Å². The monoisotopic (exact) mass is 619 g/mol. The van der Waals surface area contributed by atoms with Gasteiger partial charge in [0.2, 0.25) is 5.13 Å². The minimum atomic E-state index is -1.05. The fourth-order valence-corrected chi connectivity index (χ4v) is 6.39. The number of hydrogen-bond acceptors (Lipinski definition) is 9. The molecule has 5 rings (SSSR count). The number of halogens is 1. The number of hydrogen-bond donors (Lipinski definition) is 1. The van der Waals surface area contributed by atoms with Gasteiger partial charge in [0.05, 0.1) is 25.3 Å². The number of rotatable bonds is 11. The van der Waals surface area contributed by atoms with Crippen molar-refractivity contribution in [2.45, 2.75) is 36.4 Å². The second kappa shape index (κ2) is 13.4. The van der Waals surface area contributed by atoms with Gasteiger partial charge >= 0.3 is 5.91 Å². The summed E-state index contributed by atoms with van der Waals surface area (Å²) in [5, 5.41) is 20.0. The van der Waals surface area contributed by atoms with Gasteiger partial charge in [-0.2, -0.15) is 0 Å². The Morgan fingerprint density at radius 3 is 2.49 bits per heavy atom. The van der Waals surface area contributed by atoms with Gasteiger partial charge in [0, 0.05) is 11.3 Å². The van der Waals surface area contributed by atoms with Gasteiger partial charge in [-0.25, -0.2) is 4.39 Å². The molecule has 1 unspecified atom stereocenters. The van der Waals surface area contributed by atoms with Crippen LogP contribution in [0, 0.1) is 11.7 Å². The summed E-state index contributed by atoms with van der Waals surface area (Å²) in [5.41, 5.74) is 1.64. The summed E-state index contributed by atoms with van der Waals surface area (Å²) in [7, 11) is 1.50. The second-order valence-corrected chi connectivity index (χ2v) is 12.4. The van der Waals surface area contributed by atoms with Crippen LogP contribution in [-0.4, -0.2) is 40.7 Å². The standard InChI is InChI=1S/C32H30FN3O5S2/c1-19(2)15-16-41-24-14-11-22(17-25(24)40-3)27-26(28(37)21-9-12-23(33)13-10-21)29(38)30(39)36(27)31-34-35-32(43-31)42-18-20-7-5-4-6-8-20/h4-14,17,19,27,37H,15-16,18H2,1-3H3/b28-26-. The molecular formula is C32H30FN3O5S2. The lowest BCUT2D eigenvalue weighted by Gasteiger charge is -2.23. The molecule has 3 aromatic carbocycles. The molecule has 0 bridgehead atoms. The van der Waals surface area contributed by atoms with E-state index in [0.717, 1.165) is 12.0 Å². The zero-order valence-corrected chi connectivity index (χ0v) is 25.5. The maximum Gasteiger partial charge on any atom is 0.301 e. The first-order chi connectivity index (χ1) is 20.8. The highest BCUT2D eigenvalue weighted by molar-refractivity contribution is 8.00. The van der Waals surface area contributed by atoms with E-state index in [2.05, 4.69) is 24.0 Å². The summed E-state index contributed by atoms with van der Waals surface area (Å²) < 4.78 is 25.8. The molecular weight excluding hydrogens is 590 g/mol. The lowest BCUT2D eigenvalue weighted by atomic mass is 9.95. The number of nitrogens with zero attached hydrogens (tertiary/aromatic N) is 3. The molecule has 1 aromatic heterocycles. The van der Waals surface area contributed by atoms with E-state index in [1.54, 1.807) is 18.2 Å². The van der Waals surface area contributed by atoms with Crippen LogP contribution < -0.4 is 14.4 Å². The second-order valence-electron chi connectivity index (χ2n) is 10.2. The topological polar surface area (TPSA) is 102 Å². The predicted octanol–water partition coefficient (Wildman–Crippen LogP) is 7.03. The first kappa shape index (κ1) is 30.2. The molecule has 0 saturated carbocycles. The molecule has 1 saturated heterocycles. The third kappa shape index (κ3) is 6.73. The summed E-state index contributed by atoms with van der Waals surface area (Å²) in [5.74, 6) is -0.650. The number of ether oxygens (including phenoxy) is 2. The molecule has 1 amide bonds. The van der Waals surface area contributed by atoms with Crippen LogP contribution in [0.1, 0.15) is 43.0 Å². The van der Waals surface area contributed by atoms with E-state index in [4.69, 9.17) is 9.47 Å². The third-order valence-electron chi connectivity index (χ3n) is 6.83. The third-order valence-corrected chi connectivity index (χ3v) is 8.95. The van der Waals surface area contributed by atoms with Crippen molar-refractivity contribution in [3.8, 4) is 11.5 Å². The van der Waals surface area contributed by atoms with E-state index in [0.29, 0.717) is 39.7 Å². The van der Waals surface area contributed by atoms with E-state index in [-0.39, 0.29) is 16.3 Å². The summed E-state index contributed by atoms with van der Waals surface area (Å²) in [4.78, 5) is 28.3. The highest BCUT2D eigenvalue weighted by Crippen LogP contribution is 2.45. The number of ketones is 1. The normalized spacial score (nSPS) is 16.2. The number of Topliss-reactive ketones (excluding diaryl/α,β-unsaturated/α-hetero) is 1. The molecule has 1 aliphatic heterocycles.